The summed E-state index contributed by atoms with van der Waals surface area (Å²) in [4.78, 5) is 40.1. The minimum Gasteiger partial charge on any atom is -0.494 e. The number of hydrogen-bond donors (Lipinski definition) is 5. The van der Waals surface area contributed by atoms with Crippen LogP contribution in [0.25, 0.3) is 0 Å². The SMILES string of the molecule is CCOc1ccc(C[C@@H](NC(=O)Oc2sccc2N)C(=O)N[C@@H](Cc2ccccc2)C(=O)NCc2ccc(CN)cc2)cc1. The van der Waals surface area contributed by atoms with E-state index in [4.69, 9.17) is 20.9 Å². The smallest absolute Gasteiger partial charge is 0.414 e. The molecule has 3 amide bonds. The number of nitrogens with two attached hydrogens (primary N) is 2. The molecule has 44 heavy (non-hydrogen) atoms. The second-order valence-electron chi connectivity index (χ2n) is 10.0. The maximum absolute atomic E-state index is 13.8. The Morgan fingerprint density at radius 3 is 2.00 bits per heavy atom. The van der Waals surface area contributed by atoms with E-state index in [1.807, 2.05) is 73.7 Å². The zero-order chi connectivity index (χ0) is 31.3. The molecule has 7 N–H and O–H groups in total. The third-order valence-electron chi connectivity index (χ3n) is 6.77. The summed E-state index contributed by atoms with van der Waals surface area (Å²) in [6.45, 7) is 3.11. The summed E-state index contributed by atoms with van der Waals surface area (Å²) in [5, 5.41) is 10.4. The Morgan fingerprint density at radius 1 is 0.773 bits per heavy atom. The Morgan fingerprint density at radius 2 is 1.39 bits per heavy atom. The quantitative estimate of drug-likeness (QED) is 0.144. The highest BCUT2D eigenvalue weighted by molar-refractivity contribution is 7.12. The number of nitrogen functional groups attached to an aromatic ring is 1. The van der Waals surface area contributed by atoms with Gasteiger partial charge < -0.3 is 36.9 Å². The van der Waals surface area contributed by atoms with Gasteiger partial charge in [-0.1, -0.05) is 66.7 Å². The highest BCUT2D eigenvalue weighted by atomic mass is 32.1. The van der Waals surface area contributed by atoms with Crippen LogP contribution in [0.15, 0.2) is 90.3 Å². The van der Waals surface area contributed by atoms with E-state index >= 15 is 0 Å². The molecule has 230 valence electrons. The van der Waals surface area contributed by atoms with E-state index in [0.29, 0.717) is 24.6 Å². The lowest BCUT2D eigenvalue weighted by molar-refractivity contribution is -0.130. The highest BCUT2D eigenvalue weighted by Crippen LogP contribution is 2.28. The first-order valence-corrected chi connectivity index (χ1v) is 15.2. The van der Waals surface area contributed by atoms with Gasteiger partial charge >= 0.3 is 6.09 Å². The topological polar surface area (TPSA) is 158 Å². The standard InChI is InChI=1S/C33H37N5O5S/c1-2-42-26-14-12-23(13-15-26)19-29(38-33(41)43-32-27(35)16-17-44-32)31(40)37-28(18-22-6-4-3-5-7-22)30(39)36-21-25-10-8-24(20-34)9-11-25/h3-17,28-29H,2,18-21,34-35H2,1H3,(H,36,39)(H,37,40)(H,38,41)/t28-,29+/m0/s1. The molecule has 1 heterocycles. The van der Waals surface area contributed by atoms with Crippen molar-refractivity contribution in [2.75, 3.05) is 12.3 Å². The van der Waals surface area contributed by atoms with Crippen molar-refractivity contribution in [1.82, 2.24) is 16.0 Å². The summed E-state index contributed by atoms with van der Waals surface area (Å²) >= 11 is 1.16. The van der Waals surface area contributed by atoms with Crippen molar-refractivity contribution in [2.45, 2.75) is 44.9 Å². The molecule has 2 atom stereocenters. The first kappa shape index (κ1) is 32.1. The van der Waals surface area contributed by atoms with Crippen molar-refractivity contribution >= 4 is 34.9 Å². The molecule has 0 unspecified atom stereocenters. The minimum atomic E-state index is -1.06. The molecular weight excluding hydrogens is 578 g/mol. The maximum Gasteiger partial charge on any atom is 0.414 e. The normalized spacial score (nSPS) is 12.0. The number of ether oxygens (including phenoxy) is 2. The monoisotopic (exact) mass is 615 g/mol. The van der Waals surface area contributed by atoms with Gasteiger partial charge in [0.15, 0.2) is 0 Å². The summed E-state index contributed by atoms with van der Waals surface area (Å²) in [7, 11) is 0. The highest BCUT2D eigenvalue weighted by Gasteiger charge is 2.28. The van der Waals surface area contributed by atoms with Gasteiger partial charge in [0.05, 0.1) is 12.3 Å². The summed E-state index contributed by atoms with van der Waals surface area (Å²) in [6, 6.07) is 23.9. The predicted molar refractivity (Wildman–Crippen MR) is 171 cm³/mol. The van der Waals surface area contributed by atoms with Crippen molar-refractivity contribution in [3.8, 4) is 10.8 Å². The molecule has 0 aliphatic heterocycles. The first-order chi connectivity index (χ1) is 21.3. The molecule has 0 fully saturated rings. The van der Waals surface area contributed by atoms with Gasteiger partial charge in [-0.3, -0.25) is 9.59 Å². The van der Waals surface area contributed by atoms with E-state index in [1.54, 1.807) is 23.6 Å². The molecule has 1 aromatic heterocycles. The molecule has 0 aliphatic carbocycles. The van der Waals surface area contributed by atoms with Gasteiger partial charge in [-0.25, -0.2) is 4.79 Å². The van der Waals surface area contributed by atoms with Crippen LogP contribution in [-0.4, -0.2) is 36.6 Å². The molecule has 0 saturated carbocycles. The number of amides is 3. The Hall–Kier alpha value is -4.87. The van der Waals surface area contributed by atoms with Crippen LogP contribution < -0.4 is 36.9 Å². The number of rotatable bonds is 14. The third-order valence-corrected chi connectivity index (χ3v) is 7.57. The summed E-state index contributed by atoms with van der Waals surface area (Å²) < 4.78 is 10.9. The van der Waals surface area contributed by atoms with Crippen LogP contribution in [0.3, 0.4) is 0 Å². The van der Waals surface area contributed by atoms with Gasteiger partial charge in [0.2, 0.25) is 16.9 Å². The van der Waals surface area contributed by atoms with Gasteiger partial charge in [0.25, 0.3) is 0 Å². The first-order valence-electron chi connectivity index (χ1n) is 14.3. The van der Waals surface area contributed by atoms with Crippen LogP contribution in [0.2, 0.25) is 0 Å². The zero-order valence-corrected chi connectivity index (χ0v) is 25.3. The predicted octanol–water partition coefficient (Wildman–Crippen LogP) is 3.93. The Balaban J connectivity index is 1.51. The fourth-order valence-electron chi connectivity index (χ4n) is 4.41. The lowest BCUT2D eigenvalue weighted by atomic mass is 10.0. The number of carbonyl (C=O) groups excluding carboxylic acids is 3. The van der Waals surface area contributed by atoms with Gasteiger partial charge in [-0.15, -0.1) is 11.3 Å². The lowest BCUT2D eigenvalue weighted by Gasteiger charge is -2.23. The Bertz CT molecular complexity index is 1510. The molecule has 0 aliphatic rings. The molecule has 0 radical (unpaired) electrons. The van der Waals surface area contributed by atoms with Crippen molar-refractivity contribution in [3.63, 3.8) is 0 Å². The molecule has 3 aromatic carbocycles. The largest absolute Gasteiger partial charge is 0.494 e. The summed E-state index contributed by atoms with van der Waals surface area (Å²) in [6.07, 6.45) is -0.452. The van der Waals surface area contributed by atoms with Gasteiger partial charge in [0, 0.05) is 25.9 Å². The zero-order valence-electron chi connectivity index (χ0n) is 24.5. The lowest BCUT2D eigenvalue weighted by Crippen LogP contribution is -2.55. The van der Waals surface area contributed by atoms with Crippen LogP contribution in [0, 0.1) is 0 Å². The van der Waals surface area contributed by atoms with Crippen molar-refractivity contribution < 1.29 is 23.9 Å². The van der Waals surface area contributed by atoms with E-state index in [2.05, 4.69) is 16.0 Å². The molecular formula is C33H37N5O5S. The van der Waals surface area contributed by atoms with Crippen LogP contribution in [0.1, 0.15) is 29.2 Å². The van der Waals surface area contributed by atoms with Gasteiger partial charge in [0.1, 0.15) is 17.8 Å². The van der Waals surface area contributed by atoms with Gasteiger partial charge in [-0.05, 0) is 52.8 Å². The summed E-state index contributed by atoms with van der Waals surface area (Å²) in [5.41, 5.74) is 15.4. The van der Waals surface area contributed by atoms with E-state index in [-0.39, 0.29) is 30.4 Å². The number of thiophene rings is 1. The average molecular weight is 616 g/mol. The number of carbonyl (C=O) groups is 3. The number of nitrogens with one attached hydrogen (secondary N) is 3. The fraction of sp³-hybridized carbons (Fsp3) is 0.242. The Kier molecular flexibility index (Phi) is 11.7. The third kappa shape index (κ3) is 9.58. The Labute approximate surface area is 260 Å². The number of hydrogen-bond acceptors (Lipinski definition) is 8. The minimum absolute atomic E-state index is 0.139. The van der Waals surface area contributed by atoms with E-state index in [1.165, 1.54) is 0 Å². The van der Waals surface area contributed by atoms with Crippen LogP contribution in [0.4, 0.5) is 10.5 Å². The van der Waals surface area contributed by atoms with E-state index in [9.17, 15) is 14.4 Å². The average Bonchev–Trinajstić information content (AvgIpc) is 3.44. The second-order valence-corrected chi connectivity index (χ2v) is 10.9. The second kappa shape index (κ2) is 16.1. The van der Waals surface area contributed by atoms with E-state index in [0.717, 1.165) is 33.6 Å². The fourth-order valence-corrected chi connectivity index (χ4v) is 5.08. The molecule has 0 bridgehead atoms. The van der Waals surface area contributed by atoms with Crippen molar-refractivity contribution in [3.05, 3.63) is 113 Å². The number of anilines is 1. The van der Waals surface area contributed by atoms with Crippen LogP contribution >= 0.6 is 11.3 Å². The van der Waals surface area contributed by atoms with Crippen molar-refractivity contribution in [2.24, 2.45) is 5.73 Å². The van der Waals surface area contributed by atoms with Crippen LogP contribution in [0.5, 0.6) is 10.8 Å². The summed E-state index contributed by atoms with van der Waals surface area (Å²) in [5.74, 6) is -0.215. The molecule has 10 nitrogen and oxygen atoms in total. The molecule has 4 aromatic rings. The maximum atomic E-state index is 13.8. The van der Waals surface area contributed by atoms with Crippen LogP contribution in [-0.2, 0) is 35.5 Å². The van der Waals surface area contributed by atoms with Gasteiger partial charge in [-0.2, -0.15) is 0 Å². The van der Waals surface area contributed by atoms with Crippen molar-refractivity contribution in [1.29, 1.82) is 0 Å². The molecule has 4 rings (SSSR count). The van der Waals surface area contributed by atoms with E-state index < -0.39 is 24.1 Å². The molecule has 0 saturated heterocycles. The molecule has 0 spiro atoms. The number of benzene rings is 3. The molecule has 11 heteroatoms.